The van der Waals surface area contributed by atoms with Gasteiger partial charge in [-0.3, -0.25) is 0 Å². The van der Waals surface area contributed by atoms with E-state index in [0.29, 0.717) is 0 Å². The lowest BCUT2D eigenvalue weighted by atomic mass is 9.94. The molecule has 2 aliphatic carbocycles. The van der Waals surface area contributed by atoms with Crippen LogP contribution in [0.5, 0.6) is 0 Å². The van der Waals surface area contributed by atoms with Crippen molar-refractivity contribution in [1.82, 2.24) is 0 Å². The Balaban J connectivity index is 2.09. The van der Waals surface area contributed by atoms with E-state index in [2.05, 4.69) is 50.1 Å². The van der Waals surface area contributed by atoms with Crippen LogP contribution in [0, 0.1) is 17.8 Å². The molecule has 0 saturated heterocycles. The normalized spacial score (nSPS) is 39.6. The van der Waals surface area contributed by atoms with Gasteiger partial charge in [-0.05, 0) is 62.5 Å². The van der Waals surface area contributed by atoms with Gasteiger partial charge in [0.25, 0.3) is 0 Å². The minimum absolute atomic E-state index is 0.777. The number of hydrogen-bond donors (Lipinski definition) is 0. The van der Waals surface area contributed by atoms with E-state index in [1.54, 1.807) is 0 Å². The molecular weight excluding hydrogens is 268 g/mol. The highest BCUT2D eigenvalue weighted by Gasteiger charge is 2.34. The third-order valence-electron chi connectivity index (χ3n) is 2.67. The summed E-state index contributed by atoms with van der Waals surface area (Å²) >= 11 is 6.82. The van der Waals surface area contributed by atoms with Crippen molar-refractivity contribution < 1.29 is 0 Å². The van der Waals surface area contributed by atoms with Gasteiger partial charge in [-0.15, -0.1) is 0 Å². The van der Waals surface area contributed by atoms with Gasteiger partial charge in [0.15, 0.2) is 0 Å². The van der Waals surface area contributed by atoms with E-state index >= 15 is 0 Å². The van der Waals surface area contributed by atoms with Gasteiger partial charge in [0, 0.05) is 0 Å². The summed E-state index contributed by atoms with van der Waals surface area (Å²) in [5, 5.41) is 0. The second-order valence-electron chi connectivity index (χ2n) is 3.40. The molecule has 1 saturated carbocycles. The van der Waals surface area contributed by atoms with E-state index in [0.717, 1.165) is 21.1 Å². The molecule has 3 atom stereocenters. The van der Waals surface area contributed by atoms with Crippen LogP contribution in [0.4, 0.5) is 0 Å². The quantitative estimate of drug-likeness (QED) is 0.639. The first kappa shape index (κ1) is 8.06. The first-order valence-electron chi connectivity index (χ1n) is 3.97. The third-order valence-corrected chi connectivity index (χ3v) is 3.20. The van der Waals surface area contributed by atoms with E-state index < -0.39 is 0 Å². The standard InChI is InChI=1S/C9H10Br2/c10-9(11)5-8-4-6-1-2-7(8)3-6/h1-2,5-8H,3-4H2/t6-,7+,8?/m0/s1. The number of rotatable bonds is 1. The molecule has 2 heteroatoms. The second-order valence-corrected chi connectivity index (χ2v) is 6.17. The first-order valence-corrected chi connectivity index (χ1v) is 5.55. The fourth-order valence-corrected chi connectivity index (χ4v) is 2.86. The topological polar surface area (TPSA) is 0 Å². The number of hydrogen-bond acceptors (Lipinski definition) is 0. The molecule has 0 aromatic carbocycles. The Morgan fingerprint density at radius 3 is 2.55 bits per heavy atom. The van der Waals surface area contributed by atoms with E-state index in [1.165, 1.54) is 12.8 Å². The van der Waals surface area contributed by atoms with Gasteiger partial charge in [-0.2, -0.15) is 0 Å². The Morgan fingerprint density at radius 2 is 2.09 bits per heavy atom. The van der Waals surface area contributed by atoms with Gasteiger partial charge in [-0.25, -0.2) is 0 Å². The van der Waals surface area contributed by atoms with E-state index in [-0.39, 0.29) is 0 Å². The molecular formula is C9H10Br2. The van der Waals surface area contributed by atoms with Crippen molar-refractivity contribution in [1.29, 1.82) is 0 Å². The van der Waals surface area contributed by atoms with Crippen LogP contribution in [0.2, 0.25) is 0 Å². The summed E-state index contributed by atoms with van der Waals surface area (Å²) in [6.07, 6.45) is 9.76. The molecule has 0 radical (unpaired) electrons. The molecule has 2 rings (SSSR count). The van der Waals surface area contributed by atoms with Crippen LogP contribution in [0.3, 0.4) is 0 Å². The molecule has 0 aromatic rings. The fourth-order valence-electron chi connectivity index (χ4n) is 2.18. The molecule has 0 heterocycles. The lowest BCUT2D eigenvalue weighted by Gasteiger charge is -2.12. The third kappa shape index (κ3) is 1.62. The second kappa shape index (κ2) is 3.06. The highest BCUT2D eigenvalue weighted by Crippen LogP contribution is 2.44. The molecule has 11 heavy (non-hydrogen) atoms. The lowest BCUT2D eigenvalue weighted by molar-refractivity contribution is 0.550. The van der Waals surface area contributed by atoms with Crippen LogP contribution in [-0.4, -0.2) is 0 Å². The average Bonchev–Trinajstić information content (AvgIpc) is 2.45. The fraction of sp³-hybridized carbons (Fsp3) is 0.556. The van der Waals surface area contributed by atoms with Gasteiger partial charge in [0.05, 0.1) is 3.39 Å². The summed E-state index contributed by atoms with van der Waals surface area (Å²) < 4.78 is 1.11. The summed E-state index contributed by atoms with van der Waals surface area (Å²) in [6, 6.07) is 0. The highest BCUT2D eigenvalue weighted by molar-refractivity contribution is 9.28. The molecule has 0 spiro atoms. The summed E-state index contributed by atoms with van der Waals surface area (Å²) in [7, 11) is 0. The van der Waals surface area contributed by atoms with Crippen LogP contribution < -0.4 is 0 Å². The minimum atomic E-state index is 0.777. The minimum Gasteiger partial charge on any atom is -0.0851 e. The number of allylic oxidation sites excluding steroid dienone is 3. The van der Waals surface area contributed by atoms with Crippen molar-refractivity contribution in [3.05, 3.63) is 21.6 Å². The molecule has 60 valence electrons. The predicted octanol–water partition coefficient (Wildman–Crippen LogP) is 3.83. The molecule has 0 N–H and O–H groups in total. The molecule has 0 aromatic heterocycles. The smallest absolute Gasteiger partial charge is 0.0567 e. The van der Waals surface area contributed by atoms with Crippen molar-refractivity contribution in [3.63, 3.8) is 0 Å². The van der Waals surface area contributed by atoms with Gasteiger partial charge < -0.3 is 0 Å². The van der Waals surface area contributed by atoms with Crippen LogP contribution in [0.1, 0.15) is 12.8 Å². The first-order chi connectivity index (χ1) is 5.25. The highest BCUT2D eigenvalue weighted by atomic mass is 79.9. The van der Waals surface area contributed by atoms with Crippen molar-refractivity contribution in [2.45, 2.75) is 12.8 Å². The Bertz CT molecular complexity index is 214. The molecule has 0 amide bonds. The molecule has 0 nitrogen and oxygen atoms in total. The number of halogens is 2. The van der Waals surface area contributed by atoms with Gasteiger partial charge in [-0.1, -0.05) is 18.2 Å². The zero-order valence-electron chi connectivity index (χ0n) is 6.13. The summed E-state index contributed by atoms with van der Waals surface area (Å²) in [5.74, 6) is 2.48. The van der Waals surface area contributed by atoms with Crippen molar-refractivity contribution in [2.75, 3.05) is 0 Å². The lowest BCUT2D eigenvalue weighted by Crippen LogP contribution is -2.02. The van der Waals surface area contributed by atoms with Gasteiger partial charge >= 0.3 is 0 Å². The van der Waals surface area contributed by atoms with E-state index in [4.69, 9.17) is 0 Å². The van der Waals surface area contributed by atoms with Crippen molar-refractivity contribution in [3.8, 4) is 0 Å². The van der Waals surface area contributed by atoms with Crippen LogP contribution in [0.25, 0.3) is 0 Å². The van der Waals surface area contributed by atoms with Gasteiger partial charge in [0.1, 0.15) is 0 Å². The predicted molar refractivity (Wildman–Crippen MR) is 54.8 cm³/mol. The molecule has 2 aliphatic rings. The maximum absolute atomic E-state index is 3.41. The summed E-state index contributed by atoms with van der Waals surface area (Å²) in [4.78, 5) is 0. The Hall–Kier alpha value is 0.440. The van der Waals surface area contributed by atoms with Crippen molar-refractivity contribution in [2.24, 2.45) is 17.8 Å². The average molecular weight is 278 g/mol. The molecule has 1 fully saturated rings. The summed E-state index contributed by atoms with van der Waals surface area (Å²) in [6.45, 7) is 0. The largest absolute Gasteiger partial charge is 0.0851 e. The maximum Gasteiger partial charge on any atom is 0.0567 e. The van der Waals surface area contributed by atoms with Crippen molar-refractivity contribution >= 4 is 31.9 Å². The molecule has 1 unspecified atom stereocenters. The molecule has 2 bridgehead atoms. The number of fused-ring (bicyclic) bond motifs is 2. The maximum atomic E-state index is 3.41. The van der Waals surface area contributed by atoms with Crippen LogP contribution in [0.15, 0.2) is 21.6 Å². The van der Waals surface area contributed by atoms with Gasteiger partial charge in [0.2, 0.25) is 0 Å². The summed E-state index contributed by atoms with van der Waals surface area (Å²) in [5.41, 5.74) is 0. The zero-order chi connectivity index (χ0) is 7.84. The monoisotopic (exact) mass is 276 g/mol. The Labute approximate surface area is 84.0 Å². The van der Waals surface area contributed by atoms with Crippen LogP contribution >= 0.6 is 31.9 Å². The Kier molecular flexibility index (Phi) is 2.24. The SMILES string of the molecule is BrC(Br)=CC1C[C@H]2C=C[C@@H]1C2. The van der Waals surface area contributed by atoms with Crippen LogP contribution in [-0.2, 0) is 0 Å². The van der Waals surface area contributed by atoms with E-state index in [9.17, 15) is 0 Å². The van der Waals surface area contributed by atoms with E-state index in [1.807, 2.05) is 0 Å². The molecule has 0 aliphatic heterocycles. The Morgan fingerprint density at radius 1 is 1.27 bits per heavy atom. The zero-order valence-corrected chi connectivity index (χ0v) is 9.31.